The van der Waals surface area contributed by atoms with E-state index in [2.05, 4.69) is 21.2 Å². The Morgan fingerprint density at radius 3 is 2.42 bits per heavy atom. The molecule has 0 unspecified atom stereocenters. The van der Waals surface area contributed by atoms with Gasteiger partial charge in [0.15, 0.2) is 5.75 Å². The summed E-state index contributed by atoms with van der Waals surface area (Å²) in [4.78, 5) is 12.3. The van der Waals surface area contributed by atoms with E-state index in [1.54, 1.807) is 12.1 Å². The first kappa shape index (κ1) is 18.6. The molecule has 4 nitrogen and oxygen atoms in total. The van der Waals surface area contributed by atoms with Gasteiger partial charge in [0.2, 0.25) is 5.91 Å². The highest BCUT2D eigenvalue weighted by Gasteiger charge is 2.13. The van der Waals surface area contributed by atoms with Crippen molar-refractivity contribution < 1.29 is 14.3 Å². The van der Waals surface area contributed by atoms with Gasteiger partial charge in [-0.2, -0.15) is 0 Å². The zero-order chi connectivity index (χ0) is 17.5. The third-order valence-corrected chi connectivity index (χ3v) is 3.98. The molecule has 0 heterocycles. The Morgan fingerprint density at radius 1 is 1.12 bits per heavy atom. The number of rotatable bonds is 7. The fourth-order valence-electron chi connectivity index (χ4n) is 2.19. The number of nitrogens with one attached hydrogen (secondary N) is 1. The van der Waals surface area contributed by atoms with E-state index in [-0.39, 0.29) is 12.3 Å². The molecule has 0 aliphatic carbocycles. The Balaban J connectivity index is 2.09. The van der Waals surface area contributed by atoms with Crippen LogP contribution in [0, 0.1) is 0 Å². The first-order valence-electron chi connectivity index (χ1n) is 7.67. The number of carbonyl (C=O) groups excluding carboxylic acids is 1. The summed E-state index contributed by atoms with van der Waals surface area (Å²) in [6, 6.07) is 10.9. The van der Waals surface area contributed by atoms with Crippen molar-refractivity contribution in [2.45, 2.75) is 20.3 Å². The van der Waals surface area contributed by atoms with Gasteiger partial charge in [-0.15, -0.1) is 0 Å². The van der Waals surface area contributed by atoms with E-state index in [1.165, 1.54) is 0 Å². The molecule has 128 valence electrons. The van der Waals surface area contributed by atoms with Gasteiger partial charge < -0.3 is 14.8 Å². The molecule has 2 aromatic carbocycles. The maximum absolute atomic E-state index is 12.3. The van der Waals surface area contributed by atoms with E-state index in [0.717, 1.165) is 11.3 Å². The Kier molecular flexibility index (Phi) is 6.94. The van der Waals surface area contributed by atoms with Gasteiger partial charge in [-0.25, -0.2) is 0 Å². The molecule has 0 atom stereocenters. The molecule has 2 rings (SSSR count). The predicted molar refractivity (Wildman–Crippen MR) is 100 cm³/mol. The van der Waals surface area contributed by atoms with Crippen LogP contribution in [0.25, 0.3) is 0 Å². The van der Waals surface area contributed by atoms with Gasteiger partial charge in [0, 0.05) is 5.02 Å². The molecular weight excluding hydrogens is 394 g/mol. The molecule has 0 saturated carbocycles. The highest BCUT2D eigenvalue weighted by molar-refractivity contribution is 9.10. The summed E-state index contributed by atoms with van der Waals surface area (Å²) >= 11 is 9.47. The smallest absolute Gasteiger partial charge is 0.228 e. The van der Waals surface area contributed by atoms with Gasteiger partial charge in [0.1, 0.15) is 5.75 Å². The fourth-order valence-corrected chi connectivity index (χ4v) is 3.12. The topological polar surface area (TPSA) is 47.6 Å². The van der Waals surface area contributed by atoms with Crippen LogP contribution in [-0.4, -0.2) is 19.1 Å². The van der Waals surface area contributed by atoms with E-state index < -0.39 is 0 Å². The lowest BCUT2D eigenvalue weighted by Gasteiger charge is -2.14. The van der Waals surface area contributed by atoms with E-state index >= 15 is 0 Å². The van der Waals surface area contributed by atoms with Gasteiger partial charge in [-0.3, -0.25) is 4.79 Å². The van der Waals surface area contributed by atoms with E-state index in [4.69, 9.17) is 21.1 Å². The molecule has 0 spiro atoms. The normalized spacial score (nSPS) is 10.3. The average molecular weight is 413 g/mol. The summed E-state index contributed by atoms with van der Waals surface area (Å²) in [5, 5.41) is 3.37. The molecule has 0 saturated heterocycles. The quantitative estimate of drug-likeness (QED) is 0.690. The summed E-state index contributed by atoms with van der Waals surface area (Å²) < 4.78 is 11.7. The SMILES string of the molecule is CCOc1ccc(CC(=O)Nc2cc(Cl)cc(Br)c2OCC)cc1. The number of ether oxygens (including phenoxy) is 2. The van der Waals surface area contributed by atoms with Crippen molar-refractivity contribution in [3.05, 3.63) is 51.5 Å². The van der Waals surface area contributed by atoms with Crippen molar-refractivity contribution in [3.63, 3.8) is 0 Å². The molecule has 0 aliphatic heterocycles. The number of halogens is 2. The molecule has 0 aromatic heterocycles. The first-order valence-corrected chi connectivity index (χ1v) is 8.84. The molecule has 0 bridgehead atoms. The number of carbonyl (C=O) groups is 1. The van der Waals surface area contributed by atoms with Crippen molar-refractivity contribution >= 4 is 39.1 Å². The summed E-state index contributed by atoms with van der Waals surface area (Å²) in [6.45, 7) is 4.92. The first-order chi connectivity index (χ1) is 11.5. The summed E-state index contributed by atoms with van der Waals surface area (Å²) in [7, 11) is 0. The third kappa shape index (κ3) is 5.14. The molecule has 0 fully saturated rings. The fraction of sp³-hybridized carbons (Fsp3) is 0.278. The molecule has 1 N–H and O–H groups in total. The Hall–Kier alpha value is -1.72. The van der Waals surface area contributed by atoms with Crippen LogP contribution in [0.1, 0.15) is 19.4 Å². The monoisotopic (exact) mass is 411 g/mol. The number of hydrogen-bond acceptors (Lipinski definition) is 3. The second-order valence-corrected chi connectivity index (χ2v) is 6.29. The second-order valence-electron chi connectivity index (χ2n) is 5.00. The predicted octanol–water partition coefficient (Wildman–Crippen LogP) is 5.08. The number of anilines is 1. The Morgan fingerprint density at radius 2 is 1.79 bits per heavy atom. The number of hydrogen-bond donors (Lipinski definition) is 1. The highest BCUT2D eigenvalue weighted by atomic mass is 79.9. The van der Waals surface area contributed by atoms with E-state index in [1.807, 2.05) is 38.1 Å². The molecule has 6 heteroatoms. The minimum absolute atomic E-state index is 0.144. The lowest BCUT2D eigenvalue weighted by Crippen LogP contribution is -2.15. The maximum Gasteiger partial charge on any atom is 0.228 e. The lowest BCUT2D eigenvalue weighted by molar-refractivity contribution is -0.115. The number of amides is 1. The van der Waals surface area contributed by atoms with Crippen molar-refractivity contribution in [1.29, 1.82) is 0 Å². The third-order valence-electron chi connectivity index (χ3n) is 3.17. The standard InChI is InChI=1S/C18H19BrClNO3/c1-3-23-14-7-5-12(6-8-14)9-17(22)21-16-11-13(20)10-15(19)18(16)24-4-2/h5-8,10-11H,3-4,9H2,1-2H3,(H,21,22). The zero-order valence-corrected chi connectivity index (χ0v) is 15.9. The molecule has 1 amide bonds. The summed E-state index contributed by atoms with van der Waals surface area (Å²) in [5.41, 5.74) is 1.45. The largest absolute Gasteiger partial charge is 0.494 e. The lowest BCUT2D eigenvalue weighted by atomic mass is 10.1. The second kappa shape index (κ2) is 8.94. The van der Waals surface area contributed by atoms with Crippen LogP contribution in [0.2, 0.25) is 5.02 Å². The molecular formula is C18H19BrClNO3. The van der Waals surface area contributed by atoms with Crippen LogP contribution in [0.4, 0.5) is 5.69 Å². The van der Waals surface area contributed by atoms with Gasteiger partial charge in [-0.05, 0) is 59.6 Å². The van der Waals surface area contributed by atoms with Crippen molar-refractivity contribution in [1.82, 2.24) is 0 Å². The van der Waals surface area contributed by atoms with Crippen molar-refractivity contribution in [2.75, 3.05) is 18.5 Å². The van der Waals surface area contributed by atoms with Crippen LogP contribution in [-0.2, 0) is 11.2 Å². The minimum atomic E-state index is -0.144. The van der Waals surface area contributed by atoms with Crippen molar-refractivity contribution in [3.8, 4) is 11.5 Å². The van der Waals surface area contributed by atoms with Crippen LogP contribution < -0.4 is 14.8 Å². The van der Waals surface area contributed by atoms with Gasteiger partial charge in [0.05, 0.1) is 29.8 Å². The summed E-state index contributed by atoms with van der Waals surface area (Å²) in [5.74, 6) is 1.22. The molecule has 24 heavy (non-hydrogen) atoms. The van der Waals surface area contributed by atoms with E-state index in [9.17, 15) is 4.79 Å². The van der Waals surface area contributed by atoms with Gasteiger partial charge >= 0.3 is 0 Å². The van der Waals surface area contributed by atoms with Crippen LogP contribution in [0.3, 0.4) is 0 Å². The highest BCUT2D eigenvalue weighted by Crippen LogP contribution is 2.36. The van der Waals surface area contributed by atoms with Crippen molar-refractivity contribution in [2.24, 2.45) is 0 Å². The van der Waals surface area contributed by atoms with Crippen LogP contribution in [0.15, 0.2) is 40.9 Å². The minimum Gasteiger partial charge on any atom is -0.494 e. The van der Waals surface area contributed by atoms with E-state index in [0.29, 0.717) is 34.1 Å². The molecule has 0 radical (unpaired) electrons. The molecule has 0 aliphatic rings. The van der Waals surface area contributed by atoms with Gasteiger partial charge in [-0.1, -0.05) is 23.7 Å². The van der Waals surface area contributed by atoms with Crippen LogP contribution >= 0.6 is 27.5 Å². The Bertz CT molecular complexity index is 704. The summed E-state index contributed by atoms with van der Waals surface area (Å²) in [6.07, 6.45) is 0.252. The van der Waals surface area contributed by atoms with Gasteiger partial charge in [0.25, 0.3) is 0 Å². The number of benzene rings is 2. The maximum atomic E-state index is 12.3. The molecule has 2 aromatic rings. The Labute approximate surface area is 155 Å². The average Bonchev–Trinajstić information content (AvgIpc) is 2.53. The zero-order valence-electron chi connectivity index (χ0n) is 13.6. The van der Waals surface area contributed by atoms with Crippen LogP contribution in [0.5, 0.6) is 11.5 Å².